The molecule has 1 aromatic carbocycles. The SMILES string of the molecule is CCC(Cl)Cc1cc(Cl)c(Cl)cc1[N+](=O)[O-]. The molecule has 3 nitrogen and oxygen atoms in total. The Morgan fingerprint density at radius 2 is 1.94 bits per heavy atom. The molecule has 0 aliphatic rings. The molecule has 0 heterocycles. The molecule has 0 saturated heterocycles. The predicted molar refractivity (Wildman–Crippen MR) is 66.8 cm³/mol. The van der Waals surface area contributed by atoms with E-state index in [0.29, 0.717) is 17.0 Å². The van der Waals surface area contributed by atoms with Crippen molar-refractivity contribution in [2.75, 3.05) is 0 Å². The van der Waals surface area contributed by atoms with Crippen molar-refractivity contribution in [1.29, 1.82) is 0 Å². The summed E-state index contributed by atoms with van der Waals surface area (Å²) < 4.78 is 0. The second-order valence-electron chi connectivity index (χ2n) is 3.36. The fourth-order valence-electron chi connectivity index (χ4n) is 1.29. The molecule has 0 amide bonds. The minimum absolute atomic E-state index is 0.0338. The standard InChI is InChI=1S/C10H10Cl3NO2/c1-2-7(11)3-6-4-8(12)9(13)5-10(6)14(15)16/h4-5,7H,2-3H2,1H3. The van der Waals surface area contributed by atoms with Crippen LogP contribution >= 0.6 is 34.8 Å². The largest absolute Gasteiger partial charge is 0.274 e. The Morgan fingerprint density at radius 1 is 1.38 bits per heavy atom. The van der Waals surface area contributed by atoms with Gasteiger partial charge in [0, 0.05) is 17.0 Å². The van der Waals surface area contributed by atoms with Crippen LogP contribution in [0.3, 0.4) is 0 Å². The molecule has 0 radical (unpaired) electrons. The predicted octanol–water partition coefficient (Wildman–Crippen LogP) is 4.46. The van der Waals surface area contributed by atoms with E-state index < -0.39 is 4.92 Å². The van der Waals surface area contributed by atoms with E-state index >= 15 is 0 Å². The molecule has 1 aromatic rings. The monoisotopic (exact) mass is 281 g/mol. The smallest absolute Gasteiger partial charge is 0.258 e. The lowest BCUT2D eigenvalue weighted by Gasteiger charge is -2.08. The number of hydrogen-bond acceptors (Lipinski definition) is 2. The zero-order valence-corrected chi connectivity index (χ0v) is 10.8. The van der Waals surface area contributed by atoms with Gasteiger partial charge < -0.3 is 0 Å². The molecule has 0 saturated carbocycles. The molecular weight excluding hydrogens is 272 g/mol. The van der Waals surface area contributed by atoms with Crippen molar-refractivity contribution in [3.63, 3.8) is 0 Å². The molecule has 88 valence electrons. The van der Waals surface area contributed by atoms with E-state index in [1.54, 1.807) is 0 Å². The number of nitro groups is 1. The number of halogens is 3. The highest BCUT2D eigenvalue weighted by molar-refractivity contribution is 6.42. The quantitative estimate of drug-likeness (QED) is 0.465. The van der Waals surface area contributed by atoms with Crippen LogP contribution in [0.5, 0.6) is 0 Å². The first-order chi connectivity index (χ1) is 7.45. The van der Waals surface area contributed by atoms with Gasteiger partial charge >= 0.3 is 0 Å². The molecule has 0 fully saturated rings. The Bertz CT molecular complexity index is 409. The van der Waals surface area contributed by atoms with Crippen LogP contribution in [-0.2, 0) is 6.42 Å². The highest BCUT2D eigenvalue weighted by atomic mass is 35.5. The molecule has 0 bridgehead atoms. The summed E-state index contributed by atoms with van der Waals surface area (Å²) >= 11 is 17.5. The normalized spacial score (nSPS) is 12.5. The van der Waals surface area contributed by atoms with Crippen LogP contribution in [0.25, 0.3) is 0 Å². The minimum Gasteiger partial charge on any atom is -0.258 e. The lowest BCUT2D eigenvalue weighted by molar-refractivity contribution is -0.385. The van der Waals surface area contributed by atoms with E-state index in [9.17, 15) is 10.1 Å². The number of hydrogen-bond donors (Lipinski definition) is 0. The molecule has 1 unspecified atom stereocenters. The summed E-state index contributed by atoms with van der Waals surface area (Å²) in [5.41, 5.74) is 0.481. The lowest BCUT2D eigenvalue weighted by atomic mass is 10.1. The Morgan fingerprint density at radius 3 is 2.44 bits per heavy atom. The van der Waals surface area contributed by atoms with Crippen LogP contribution in [0.4, 0.5) is 5.69 Å². The van der Waals surface area contributed by atoms with Crippen molar-refractivity contribution < 1.29 is 4.92 Å². The summed E-state index contributed by atoms with van der Waals surface area (Å²) in [5.74, 6) is 0. The fraction of sp³-hybridized carbons (Fsp3) is 0.400. The molecular formula is C10H10Cl3NO2. The van der Waals surface area contributed by atoms with E-state index in [2.05, 4.69) is 0 Å². The van der Waals surface area contributed by atoms with Crippen LogP contribution < -0.4 is 0 Å². The fourth-order valence-corrected chi connectivity index (χ4v) is 1.80. The van der Waals surface area contributed by atoms with Gasteiger partial charge in [-0.25, -0.2) is 0 Å². The molecule has 16 heavy (non-hydrogen) atoms. The average Bonchev–Trinajstić information content (AvgIpc) is 2.22. The first-order valence-corrected chi connectivity index (χ1v) is 5.91. The molecule has 0 spiro atoms. The molecule has 0 aliphatic heterocycles. The number of rotatable bonds is 4. The first kappa shape index (κ1) is 13.6. The lowest BCUT2D eigenvalue weighted by Crippen LogP contribution is -2.04. The number of nitrogens with zero attached hydrogens (tertiary/aromatic N) is 1. The van der Waals surface area contributed by atoms with Crippen LogP contribution in [0.15, 0.2) is 12.1 Å². The van der Waals surface area contributed by atoms with E-state index in [0.717, 1.165) is 6.42 Å². The van der Waals surface area contributed by atoms with E-state index in [4.69, 9.17) is 34.8 Å². The molecule has 1 atom stereocenters. The molecule has 1 rings (SSSR count). The highest BCUT2D eigenvalue weighted by Gasteiger charge is 2.18. The van der Waals surface area contributed by atoms with Gasteiger partial charge in [0.25, 0.3) is 5.69 Å². The Hall–Kier alpha value is -0.510. The summed E-state index contributed by atoms with van der Waals surface area (Å²) in [6.45, 7) is 1.92. The van der Waals surface area contributed by atoms with Crippen molar-refractivity contribution in [3.05, 3.63) is 37.9 Å². The van der Waals surface area contributed by atoms with Gasteiger partial charge in [0.1, 0.15) is 0 Å². The van der Waals surface area contributed by atoms with Gasteiger partial charge in [-0.15, -0.1) is 11.6 Å². The maximum Gasteiger partial charge on any atom is 0.274 e. The van der Waals surface area contributed by atoms with E-state index in [1.165, 1.54) is 12.1 Å². The van der Waals surface area contributed by atoms with Gasteiger partial charge in [-0.1, -0.05) is 30.1 Å². The van der Waals surface area contributed by atoms with Crippen LogP contribution in [0.1, 0.15) is 18.9 Å². The van der Waals surface area contributed by atoms with Gasteiger partial charge in [-0.3, -0.25) is 10.1 Å². The highest BCUT2D eigenvalue weighted by Crippen LogP contribution is 2.31. The maximum absolute atomic E-state index is 10.8. The number of nitro benzene ring substituents is 1. The third-order valence-corrected chi connectivity index (χ3v) is 3.39. The van der Waals surface area contributed by atoms with Crippen LogP contribution in [0.2, 0.25) is 10.0 Å². The van der Waals surface area contributed by atoms with Gasteiger partial charge in [0.2, 0.25) is 0 Å². The Kier molecular flexibility index (Phi) is 4.84. The van der Waals surface area contributed by atoms with Crippen LogP contribution in [0, 0.1) is 10.1 Å². The number of alkyl halides is 1. The van der Waals surface area contributed by atoms with Crippen molar-refractivity contribution in [3.8, 4) is 0 Å². The third kappa shape index (κ3) is 3.24. The summed E-state index contributed by atoms with van der Waals surface area (Å²) in [4.78, 5) is 10.3. The van der Waals surface area contributed by atoms with Crippen LogP contribution in [-0.4, -0.2) is 10.3 Å². The van der Waals surface area contributed by atoms with Gasteiger partial charge in [-0.2, -0.15) is 0 Å². The maximum atomic E-state index is 10.8. The molecule has 6 heteroatoms. The molecule has 0 aromatic heterocycles. The molecule has 0 aliphatic carbocycles. The van der Waals surface area contributed by atoms with Crippen molar-refractivity contribution >= 4 is 40.5 Å². The van der Waals surface area contributed by atoms with E-state index in [-0.39, 0.29) is 16.1 Å². The second-order valence-corrected chi connectivity index (χ2v) is 4.79. The van der Waals surface area contributed by atoms with Crippen molar-refractivity contribution in [1.82, 2.24) is 0 Å². The van der Waals surface area contributed by atoms with E-state index in [1.807, 2.05) is 6.92 Å². The second kappa shape index (κ2) is 5.71. The minimum atomic E-state index is -0.475. The summed E-state index contributed by atoms with van der Waals surface area (Å²) in [7, 11) is 0. The Labute approximate surface area is 108 Å². The topological polar surface area (TPSA) is 43.1 Å². The summed E-state index contributed by atoms with van der Waals surface area (Å²) in [5, 5.41) is 11.2. The van der Waals surface area contributed by atoms with Crippen molar-refractivity contribution in [2.45, 2.75) is 25.1 Å². The summed E-state index contributed by atoms with van der Waals surface area (Å²) in [6.07, 6.45) is 1.14. The zero-order valence-electron chi connectivity index (χ0n) is 8.54. The van der Waals surface area contributed by atoms with Gasteiger partial charge in [0.05, 0.1) is 15.0 Å². The van der Waals surface area contributed by atoms with Crippen molar-refractivity contribution in [2.24, 2.45) is 0 Å². The number of benzene rings is 1. The Balaban J connectivity index is 3.14. The van der Waals surface area contributed by atoms with Gasteiger partial charge in [-0.05, 0) is 18.9 Å². The van der Waals surface area contributed by atoms with Gasteiger partial charge in [0.15, 0.2) is 0 Å². The summed E-state index contributed by atoms with van der Waals surface area (Å²) in [6, 6.07) is 2.77. The third-order valence-electron chi connectivity index (χ3n) is 2.20. The average molecular weight is 283 g/mol. The first-order valence-electron chi connectivity index (χ1n) is 4.72. The molecule has 0 N–H and O–H groups in total. The zero-order chi connectivity index (χ0) is 12.3.